The van der Waals surface area contributed by atoms with Gasteiger partial charge in [0.25, 0.3) is 0 Å². The van der Waals surface area contributed by atoms with Crippen LogP contribution < -0.4 is 0 Å². The first kappa shape index (κ1) is 24.1. The summed E-state index contributed by atoms with van der Waals surface area (Å²) in [7, 11) is 2.07. The van der Waals surface area contributed by atoms with Gasteiger partial charge in [-0.15, -0.1) is 0 Å². The van der Waals surface area contributed by atoms with Crippen LogP contribution in [0.4, 0.5) is 0 Å². The Bertz CT molecular complexity index is 1070. The number of likely N-dealkylation sites (N-methyl/N-ethyl adjacent to an activating group) is 1. The van der Waals surface area contributed by atoms with Gasteiger partial charge in [0, 0.05) is 50.9 Å². The molecule has 3 heterocycles. The second kappa shape index (κ2) is 9.66. The smallest absolute Gasteiger partial charge is 0.241 e. The molecule has 1 aromatic carbocycles. The van der Waals surface area contributed by atoms with Crippen molar-refractivity contribution < 1.29 is 14.4 Å². The summed E-state index contributed by atoms with van der Waals surface area (Å²) in [4.78, 5) is 50.6. The third-order valence-electron chi connectivity index (χ3n) is 7.30. The summed E-state index contributed by atoms with van der Waals surface area (Å²) >= 11 is 0. The van der Waals surface area contributed by atoms with Crippen LogP contribution in [0.15, 0.2) is 48.8 Å². The Labute approximate surface area is 201 Å². The van der Waals surface area contributed by atoms with Crippen LogP contribution in [0.2, 0.25) is 0 Å². The third kappa shape index (κ3) is 4.49. The van der Waals surface area contributed by atoms with Crippen molar-refractivity contribution >= 4 is 17.7 Å². The molecule has 2 saturated heterocycles. The van der Waals surface area contributed by atoms with Gasteiger partial charge in [0.1, 0.15) is 0 Å². The van der Waals surface area contributed by atoms with E-state index in [1.54, 1.807) is 18.5 Å². The summed E-state index contributed by atoms with van der Waals surface area (Å²) in [5.41, 5.74) is 1.28. The fraction of sp³-hybridized carbons (Fsp3) is 0.481. The van der Waals surface area contributed by atoms with Crippen molar-refractivity contribution in [1.29, 1.82) is 0 Å². The summed E-state index contributed by atoms with van der Waals surface area (Å²) < 4.78 is 0. The molecule has 2 aromatic rings. The molecule has 0 spiro atoms. The van der Waals surface area contributed by atoms with Crippen LogP contribution >= 0.6 is 0 Å². The predicted octanol–water partition coefficient (Wildman–Crippen LogP) is 2.78. The number of benzene rings is 1. The summed E-state index contributed by atoms with van der Waals surface area (Å²) in [5, 5.41) is 0. The Kier molecular flexibility index (Phi) is 6.84. The van der Waals surface area contributed by atoms with Crippen LogP contribution in [0.25, 0.3) is 0 Å². The Morgan fingerprint density at radius 3 is 2.59 bits per heavy atom. The summed E-state index contributed by atoms with van der Waals surface area (Å²) in [6.45, 7) is 8.59. The molecule has 2 fully saturated rings. The molecular formula is C27H34N4O3. The zero-order valence-electron chi connectivity index (χ0n) is 20.5. The molecule has 4 rings (SSSR count). The average Bonchev–Trinajstić information content (AvgIpc) is 3.04. The molecule has 0 saturated carbocycles. The molecule has 0 N–H and O–H groups in total. The first-order valence-corrected chi connectivity index (χ1v) is 12.0. The van der Waals surface area contributed by atoms with Crippen LogP contribution in [0.5, 0.6) is 0 Å². The lowest BCUT2D eigenvalue weighted by Gasteiger charge is -2.43. The van der Waals surface area contributed by atoms with Crippen molar-refractivity contribution in [2.24, 2.45) is 5.92 Å². The number of amides is 3. The predicted molar refractivity (Wildman–Crippen MR) is 130 cm³/mol. The zero-order chi connectivity index (χ0) is 24.5. The van der Waals surface area contributed by atoms with Crippen LogP contribution in [0, 0.1) is 12.8 Å². The molecule has 34 heavy (non-hydrogen) atoms. The van der Waals surface area contributed by atoms with E-state index in [9.17, 15) is 14.4 Å². The minimum absolute atomic E-state index is 0.00109. The Hall–Kier alpha value is -3.06. The number of aryl methyl sites for hydroxylation is 1. The number of pyridine rings is 1. The third-order valence-corrected chi connectivity index (χ3v) is 7.30. The minimum atomic E-state index is -1.19. The molecule has 1 aromatic heterocycles. The minimum Gasteiger partial charge on any atom is -0.337 e. The topological polar surface area (TPSA) is 73.8 Å². The molecule has 2 aliphatic rings. The van der Waals surface area contributed by atoms with Crippen LogP contribution in [0.1, 0.15) is 43.4 Å². The van der Waals surface area contributed by atoms with E-state index in [-0.39, 0.29) is 43.1 Å². The monoisotopic (exact) mass is 462 g/mol. The van der Waals surface area contributed by atoms with Gasteiger partial charge >= 0.3 is 0 Å². The molecule has 2 atom stereocenters. The number of carbonyl (C=O) groups is 3. The lowest BCUT2D eigenvalue weighted by molar-refractivity contribution is -0.145. The first-order valence-electron chi connectivity index (χ1n) is 12.0. The first-order chi connectivity index (χ1) is 16.2. The van der Waals surface area contributed by atoms with Crippen molar-refractivity contribution in [2.75, 3.05) is 26.7 Å². The van der Waals surface area contributed by atoms with Crippen LogP contribution in [-0.4, -0.2) is 70.1 Å². The van der Waals surface area contributed by atoms with E-state index in [1.165, 1.54) is 4.90 Å². The molecule has 0 aliphatic carbocycles. The van der Waals surface area contributed by atoms with Gasteiger partial charge in [0.2, 0.25) is 17.7 Å². The highest BCUT2D eigenvalue weighted by Crippen LogP contribution is 2.42. The molecule has 0 radical (unpaired) electrons. The largest absolute Gasteiger partial charge is 0.337 e. The van der Waals surface area contributed by atoms with Crippen LogP contribution in [0.3, 0.4) is 0 Å². The number of aromatic nitrogens is 1. The van der Waals surface area contributed by atoms with E-state index in [4.69, 9.17) is 0 Å². The standard InChI is InChI=1S/C27H34N4O3/c1-19(2)23-18-29(4)12-13-30(23)24(32)14-27(22-10-6-5-8-20(22)3)15-25(33)31(26(27)34)17-21-9-7-11-28-16-21/h5-11,16,19,23H,12-15,17-18H2,1-4H3/t23-,27-/m1/s1. The van der Waals surface area contributed by atoms with Gasteiger partial charge in [-0.3, -0.25) is 24.3 Å². The van der Waals surface area contributed by atoms with Gasteiger partial charge < -0.3 is 9.80 Å². The van der Waals surface area contributed by atoms with Crippen LogP contribution in [-0.2, 0) is 26.3 Å². The van der Waals surface area contributed by atoms with Gasteiger partial charge in [-0.25, -0.2) is 0 Å². The van der Waals surface area contributed by atoms with Crippen molar-refractivity contribution in [3.63, 3.8) is 0 Å². The maximum Gasteiger partial charge on any atom is 0.241 e. The van der Waals surface area contributed by atoms with Gasteiger partial charge in [0.15, 0.2) is 0 Å². The quantitative estimate of drug-likeness (QED) is 0.618. The van der Waals surface area contributed by atoms with Gasteiger partial charge in [0.05, 0.1) is 12.0 Å². The van der Waals surface area contributed by atoms with Crippen molar-refractivity contribution in [3.05, 3.63) is 65.5 Å². The highest BCUT2D eigenvalue weighted by atomic mass is 16.2. The number of hydrogen-bond acceptors (Lipinski definition) is 5. The van der Waals surface area contributed by atoms with Crippen molar-refractivity contribution in [2.45, 2.75) is 51.6 Å². The Morgan fingerprint density at radius 2 is 1.91 bits per heavy atom. The second-order valence-electron chi connectivity index (χ2n) is 10.1. The highest BCUT2D eigenvalue weighted by Gasteiger charge is 2.55. The molecule has 180 valence electrons. The molecule has 2 aliphatic heterocycles. The molecule has 7 nitrogen and oxygen atoms in total. The number of likely N-dealkylation sites (tertiary alicyclic amines) is 1. The van der Waals surface area contributed by atoms with Gasteiger partial charge in [-0.05, 0) is 42.6 Å². The van der Waals surface area contributed by atoms with Crippen molar-refractivity contribution in [1.82, 2.24) is 19.7 Å². The average molecular weight is 463 g/mol. The number of piperazine rings is 1. The number of carbonyl (C=O) groups excluding carboxylic acids is 3. The number of imide groups is 1. The molecule has 0 unspecified atom stereocenters. The van der Waals surface area contributed by atoms with E-state index in [0.717, 1.165) is 29.8 Å². The summed E-state index contributed by atoms with van der Waals surface area (Å²) in [6, 6.07) is 11.4. The van der Waals surface area contributed by atoms with E-state index in [2.05, 4.69) is 30.8 Å². The zero-order valence-corrected chi connectivity index (χ0v) is 20.5. The van der Waals surface area contributed by atoms with E-state index in [1.807, 2.05) is 42.2 Å². The second-order valence-corrected chi connectivity index (χ2v) is 10.1. The normalized spacial score (nSPS) is 23.7. The highest BCUT2D eigenvalue weighted by molar-refractivity contribution is 6.10. The Balaban J connectivity index is 1.69. The molecule has 3 amide bonds. The lowest BCUT2D eigenvalue weighted by atomic mass is 9.73. The summed E-state index contributed by atoms with van der Waals surface area (Å²) in [6.07, 6.45) is 3.33. The fourth-order valence-electron chi connectivity index (χ4n) is 5.38. The van der Waals surface area contributed by atoms with Gasteiger partial charge in [-0.1, -0.05) is 44.2 Å². The molecule has 7 heteroatoms. The lowest BCUT2D eigenvalue weighted by Crippen LogP contribution is -2.57. The summed E-state index contributed by atoms with van der Waals surface area (Å²) in [5.74, 6) is -0.300. The van der Waals surface area contributed by atoms with Crippen molar-refractivity contribution in [3.8, 4) is 0 Å². The number of rotatable bonds is 6. The molecule has 0 bridgehead atoms. The SMILES string of the molecule is Cc1ccccc1[C@@]1(CC(=O)N2CCN(C)C[C@@H]2C(C)C)CC(=O)N(Cc2cccnc2)C1=O. The maximum absolute atomic E-state index is 14.0. The van der Waals surface area contributed by atoms with E-state index in [0.29, 0.717) is 12.5 Å². The maximum atomic E-state index is 14.0. The molecular weight excluding hydrogens is 428 g/mol. The number of hydrogen-bond donors (Lipinski definition) is 0. The van der Waals surface area contributed by atoms with E-state index >= 15 is 0 Å². The Morgan fingerprint density at radius 1 is 1.15 bits per heavy atom. The number of nitrogens with zero attached hydrogens (tertiary/aromatic N) is 4. The van der Waals surface area contributed by atoms with E-state index < -0.39 is 5.41 Å². The fourth-order valence-corrected chi connectivity index (χ4v) is 5.38. The van der Waals surface area contributed by atoms with Gasteiger partial charge in [-0.2, -0.15) is 0 Å².